The van der Waals surface area contributed by atoms with Crippen LogP contribution in [0.1, 0.15) is 43.5 Å². The van der Waals surface area contributed by atoms with E-state index in [2.05, 4.69) is 43.0 Å². The van der Waals surface area contributed by atoms with E-state index in [4.69, 9.17) is 0 Å². The summed E-state index contributed by atoms with van der Waals surface area (Å²) in [6, 6.07) is 0. The quantitative estimate of drug-likeness (QED) is 0.857. The maximum atomic E-state index is 4.62. The fourth-order valence-corrected chi connectivity index (χ4v) is 2.44. The molecule has 0 aliphatic carbocycles. The van der Waals surface area contributed by atoms with E-state index in [-0.39, 0.29) is 4.75 Å². The Balaban J connectivity index is 2.14. The monoisotopic (exact) mass is 237 g/mol. The zero-order valence-corrected chi connectivity index (χ0v) is 11.2. The van der Waals surface area contributed by atoms with Gasteiger partial charge in [0.2, 0.25) is 0 Å². The first-order valence-corrected chi connectivity index (χ1v) is 6.64. The van der Waals surface area contributed by atoms with E-state index in [9.17, 15) is 0 Å². The second-order valence-electron chi connectivity index (χ2n) is 5.16. The number of hydrogen-bond acceptors (Lipinski definition) is 4. The second-order valence-corrected chi connectivity index (χ2v) is 6.96. The van der Waals surface area contributed by atoms with Crippen molar-refractivity contribution in [3.8, 4) is 0 Å². The molecule has 0 aromatic carbocycles. The summed E-state index contributed by atoms with van der Waals surface area (Å²) in [4.78, 5) is 9.20. The molecule has 0 bridgehead atoms. The summed E-state index contributed by atoms with van der Waals surface area (Å²) in [6.07, 6.45) is 0. The van der Waals surface area contributed by atoms with E-state index in [0.717, 1.165) is 30.4 Å². The molecule has 3 nitrogen and oxygen atoms in total. The van der Waals surface area contributed by atoms with Crippen LogP contribution < -0.4 is 5.32 Å². The molecule has 0 spiro atoms. The smallest absolute Gasteiger partial charge is 0.138 e. The van der Waals surface area contributed by atoms with Crippen molar-refractivity contribution in [2.75, 3.05) is 0 Å². The summed E-state index contributed by atoms with van der Waals surface area (Å²) in [5.74, 6) is 1.87. The molecule has 2 heterocycles. The minimum Gasteiger partial charge on any atom is -0.307 e. The summed E-state index contributed by atoms with van der Waals surface area (Å²) in [6.45, 7) is 10.6. The normalized spacial score (nSPS) is 15.2. The lowest BCUT2D eigenvalue weighted by atomic mass is 10.2. The highest BCUT2D eigenvalue weighted by Gasteiger charge is 2.18. The molecular weight excluding hydrogens is 218 g/mol. The molecule has 1 aromatic heterocycles. The zero-order valence-electron chi connectivity index (χ0n) is 10.4. The predicted octanol–water partition coefficient (Wildman–Crippen LogP) is 2.42. The molecule has 0 unspecified atom stereocenters. The highest BCUT2D eigenvalue weighted by molar-refractivity contribution is 7.99. The highest BCUT2D eigenvalue weighted by atomic mass is 32.2. The molecule has 0 fully saturated rings. The maximum Gasteiger partial charge on any atom is 0.138 e. The Labute approximate surface area is 101 Å². The third kappa shape index (κ3) is 2.74. The predicted molar refractivity (Wildman–Crippen MR) is 68.4 cm³/mol. The highest BCUT2D eigenvalue weighted by Crippen LogP contribution is 2.27. The van der Waals surface area contributed by atoms with E-state index < -0.39 is 0 Å². The molecule has 2 rings (SSSR count). The Hall–Kier alpha value is -0.610. The van der Waals surface area contributed by atoms with Crippen LogP contribution >= 0.6 is 11.8 Å². The molecule has 1 aliphatic rings. The van der Waals surface area contributed by atoms with Gasteiger partial charge in [0, 0.05) is 29.1 Å². The van der Waals surface area contributed by atoms with Crippen LogP contribution in [0.3, 0.4) is 0 Å². The van der Waals surface area contributed by atoms with Crippen molar-refractivity contribution in [3.63, 3.8) is 0 Å². The summed E-state index contributed by atoms with van der Waals surface area (Å²) < 4.78 is 0.272. The fourth-order valence-electron chi connectivity index (χ4n) is 1.75. The van der Waals surface area contributed by atoms with Crippen LogP contribution in [0.25, 0.3) is 0 Å². The first kappa shape index (κ1) is 11.9. The van der Waals surface area contributed by atoms with Crippen molar-refractivity contribution in [2.24, 2.45) is 0 Å². The van der Waals surface area contributed by atoms with Gasteiger partial charge in [0.25, 0.3) is 0 Å². The summed E-state index contributed by atoms with van der Waals surface area (Å²) in [5, 5.41) is 3.32. The van der Waals surface area contributed by atoms with E-state index in [1.165, 1.54) is 11.3 Å². The molecular formula is C12H19N3S. The van der Waals surface area contributed by atoms with Crippen molar-refractivity contribution < 1.29 is 0 Å². The average molecular weight is 237 g/mol. The van der Waals surface area contributed by atoms with E-state index in [1.807, 2.05) is 11.8 Å². The Kier molecular flexibility index (Phi) is 3.22. The van der Waals surface area contributed by atoms with Gasteiger partial charge in [-0.25, -0.2) is 9.97 Å². The molecule has 4 heteroatoms. The Morgan fingerprint density at radius 2 is 2.00 bits per heavy atom. The van der Waals surface area contributed by atoms with E-state index >= 15 is 0 Å². The van der Waals surface area contributed by atoms with E-state index in [1.54, 1.807) is 0 Å². The van der Waals surface area contributed by atoms with Gasteiger partial charge in [-0.3, -0.25) is 0 Å². The molecule has 1 N–H and O–H groups in total. The van der Waals surface area contributed by atoms with Gasteiger partial charge in [-0.15, -0.1) is 11.8 Å². The lowest BCUT2D eigenvalue weighted by molar-refractivity contribution is 0.755. The van der Waals surface area contributed by atoms with Gasteiger partial charge in [-0.1, -0.05) is 20.8 Å². The summed E-state index contributed by atoms with van der Waals surface area (Å²) in [7, 11) is 0. The van der Waals surface area contributed by atoms with Gasteiger partial charge >= 0.3 is 0 Å². The Morgan fingerprint density at radius 3 is 2.69 bits per heavy atom. The third-order valence-corrected chi connectivity index (χ3v) is 3.84. The average Bonchev–Trinajstić information content (AvgIpc) is 2.62. The lowest BCUT2D eigenvalue weighted by Crippen LogP contribution is -2.10. The van der Waals surface area contributed by atoms with Crippen molar-refractivity contribution in [1.82, 2.24) is 15.3 Å². The van der Waals surface area contributed by atoms with Crippen molar-refractivity contribution >= 4 is 11.8 Å². The molecule has 1 aromatic rings. The molecule has 0 saturated heterocycles. The SMILES string of the molecule is Cc1nc(CSC(C)(C)C)nc2c1CNC2. The fraction of sp³-hybridized carbons (Fsp3) is 0.667. The zero-order chi connectivity index (χ0) is 11.8. The summed E-state index contributed by atoms with van der Waals surface area (Å²) >= 11 is 1.90. The van der Waals surface area contributed by atoms with Gasteiger partial charge in [-0.2, -0.15) is 0 Å². The molecule has 0 atom stereocenters. The molecule has 0 radical (unpaired) electrons. The Bertz CT molecular complexity index is 396. The van der Waals surface area contributed by atoms with Crippen LogP contribution in [0, 0.1) is 6.92 Å². The van der Waals surface area contributed by atoms with Gasteiger partial charge in [0.05, 0.1) is 11.4 Å². The van der Waals surface area contributed by atoms with Crippen LogP contribution in [0.2, 0.25) is 0 Å². The minimum atomic E-state index is 0.272. The first-order chi connectivity index (χ1) is 7.46. The molecule has 1 aliphatic heterocycles. The van der Waals surface area contributed by atoms with Crippen LogP contribution in [0.15, 0.2) is 0 Å². The first-order valence-electron chi connectivity index (χ1n) is 5.65. The number of aromatic nitrogens is 2. The molecule has 88 valence electrons. The number of hydrogen-bond donors (Lipinski definition) is 1. The van der Waals surface area contributed by atoms with Crippen molar-refractivity contribution in [2.45, 2.75) is 51.3 Å². The van der Waals surface area contributed by atoms with Gasteiger partial charge in [0.15, 0.2) is 0 Å². The minimum absolute atomic E-state index is 0.272. The third-order valence-electron chi connectivity index (χ3n) is 2.57. The van der Waals surface area contributed by atoms with Crippen LogP contribution in [0.5, 0.6) is 0 Å². The number of nitrogens with zero attached hydrogens (tertiary/aromatic N) is 2. The molecule has 0 amide bonds. The van der Waals surface area contributed by atoms with Crippen LogP contribution in [-0.2, 0) is 18.8 Å². The van der Waals surface area contributed by atoms with Crippen LogP contribution in [-0.4, -0.2) is 14.7 Å². The Morgan fingerprint density at radius 1 is 1.25 bits per heavy atom. The number of fused-ring (bicyclic) bond motifs is 1. The van der Waals surface area contributed by atoms with Crippen molar-refractivity contribution in [3.05, 3.63) is 22.8 Å². The standard InChI is InChI=1S/C12H19N3S/c1-8-9-5-13-6-10(9)15-11(14-8)7-16-12(2,3)4/h13H,5-7H2,1-4H3. The largest absolute Gasteiger partial charge is 0.307 e. The number of aryl methyl sites for hydroxylation is 1. The summed E-state index contributed by atoms with van der Waals surface area (Å²) in [5.41, 5.74) is 3.63. The topological polar surface area (TPSA) is 37.8 Å². The molecule has 16 heavy (non-hydrogen) atoms. The molecule has 0 saturated carbocycles. The number of rotatable bonds is 2. The number of nitrogens with one attached hydrogen (secondary N) is 1. The maximum absolute atomic E-state index is 4.62. The van der Waals surface area contributed by atoms with E-state index in [0.29, 0.717) is 0 Å². The van der Waals surface area contributed by atoms with Gasteiger partial charge in [-0.05, 0) is 6.92 Å². The number of thioether (sulfide) groups is 1. The van der Waals surface area contributed by atoms with Crippen LogP contribution in [0.4, 0.5) is 0 Å². The van der Waals surface area contributed by atoms with Gasteiger partial charge in [0.1, 0.15) is 5.82 Å². The second kappa shape index (κ2) is 4.34. The van der Waals surface area contributed by atoms with Crippen molar-refractivity contribution in [1.29, 1.82) is 0 Å². The lowest BCUT2D eigenvalue weighted by Gasteiger charge is -2.17. The van der Waals surface area contributed by atoms with Gasteiger partial charge < -0.3 is 5.32 Å².